The van der Waals surface area contributed by atoms with Crippen LogP contribution in [-0.4, -0.2) is 32.0 Å². The van der Waals surface area contributed by atoms with Crippen molar-refractivity contribution >= 4 is 62.6 Å². The number of para-hydroxylation sites is 4. The Morgan fingerprint density at radius 1 is 0.531 bits per heavy atom. The van der Waals surface area contributed by atoms with E-state index in [1.807, 2.05) is 43.3 Å². The molecule has 1 aliphatic heterocycles. The standard InChI is InChI=1S/C20H18BNO2.C18H14BrN.C3H8O.CH4/c1-3-9-18(10-4-1)22(19-11-5-2-6-12-19)20-13-7-8-17(16-20)21-23-14-15-24-21;19-15-8-7-13-18(14-15)20(16-9-3-1-4-10-16)17-11-5-2-6-12-17;1-2-3-4;/h1-13,16H,14-15H2;1-14H;4H,2-3H2,1H3;1H4. The molecule has 1 N–H and O–H groups in total. The lowest BCUT2D eigenvalue weighted by Gasteiger charge is -2.26. The molecule has 49 heavy (non-hydrogen) atoms. The van der Waals surface area contributed by atoms with Crippen LogP contribution in [0, 0.1) is 0 Å². The van der Waals surface area contributed by atoms with Crippen LogP contribution in [0.4, 0.5) is 34.1 Å². The zero-order valence-corrected chi connectivity index (χ0v) is 28.7. The third-order valence-electron chi connectivity index (χ3n) is 7.37. The molecule has 0 spiro atoms. The summed E-state index contributed by atoms with van der Waals surface area (Å²) in [6.45, 7) is 3.55. The topological polar surface area (TPSA) is 45.2 Å². The maximum absolute atomic E-state index is 7.88. The Bertz CT molecular complexity index is 1690. The molecule has 5 nitrogen and oxygen atoms in total. The zero-order valence-electron chi connectivity index (χ0n) is 27.1. The Morgan fingerprint density at radius 3 is 1.24 bits per heavy atom. The zero-order chi connectivity index (χ0) is 33.4. The fraction of sp³-hybridized carbons (Fsp3) is 0.143. The van der Waals surface area contributed by atoms with E-state index in [2.05, 4.69) is 159 Å². The molecule has 1 heterocycles. The van der Waals surface area contributed by atoms with E-state index >= 15 is 0 Å². The molecule has 7 rings (SSSR count). The van der Waals surface area contributed by atoms with Crippen LogP contribution in [-0.2, 0) is 9.31 Å². The minimum Gasteiger partial charge on any atom is -0.405 e. The molecule has 0 saturated carbocycles. The number of rotatable bonds is 8. The van der Waals surface area contributed by atoms with Crippen LogP contribution in [0.25, 0.3) is 0 Å². The van der Waals surface area contributed by atoms with Gasteiger partial charge in [0.05, 0.1) is 13.2 Å². The van der Waals surface area contributed by atoms with Crippen molar-refractivity contribution in [3.63, 3.8) is 0 Å². The average Bonchev–Trinajstić information content (AvgIpc) is 3.70. The number of hydrogen-bond donors (Lipinski definition) is 1. The molecule has 0 atom stereocenters. The summed E-state index contributed by atoms with van der Waals surface area (Å²) in [5, 5.41) is 7.88. The molecule has 250 valence electrons. The first-order valence-corrected chi connectivity index (χ1v) is 17.0. The first-order valence-electron chi connectivity index (χ1n) is 16.2. The monoisotopic (exact) mass is 714 g/mol. The maximum atomic E-state index is 7.88. The van der Waals surface area contributed by atoms with Crippen molar-refractivity contribution in [3.8, 4) is 0 Å². The lowest BCUT2D eigenvalue weighted by atomic mass is 9.79. The van der Waals surface area contributed by atoms with Gasteiger partial charge in [-0.25, -0.2) is 0 Å². The summed E-state index contributed by atoms with van der Waals surface area (Å²) in [7, 11) is -0.265. The molecule has 1 aliphatic rings. The highest BCUT2D eigenvalue weighted by Gasteiger charge is 2.27. The van der Waals surface area contributed by atoms with Crippen molar-refractivity contribution in [3.05, 3.63) is 174 Å². The largest absolute Gasteiger partial charge is 0.494 e. The van der Waals surface area contributed by atoms with Gasteiger partial charge in [0.2, 0.25) is 0 Å². The Morgan fingerprint density at radius 2 is 0.878 bits per heavy atom. The normalized spacial score (nSPS) is 11.6. The van der Waals surface area contributed by atoms with E-state index in [1.54, 1.807) is 0 Å². The molecule has 0 bridgehead atoms. The van der Waals surface area contributed by atoms with E-state index in [0.717, 1.165) is 50.5 Å². The smallest absolute Gasteiger partial charge is 0.405 e. The Balaban J connectivity index is 0.000000198. The molecular formula is C42H44BBrN2O3. The van der Waals surface area contributed by atoms with E-state index in [-0.39, 0.29) is 14.5 Å². The van der Waals surface area contributed by atoms with Crippen LogP contribution in [0.5, 0.6) is 0 Å². The van der Waals surface area contributed by atoms with Gasteiger partial charge in [-0.1, -0.05) is 121 Å². The van der Waals surface area contributed by atoms with Crippen molar-refractivity contribution in [2.75, 3.05) is 29.6 Å². The lowest BCUT2D eigenvalue weighted by Crippen LogP contribution is -2.32. The van der Waals surface area contributed by atoms with Crippen molar-refractivity contribution in [2.45, 2.75) is 20.8 Å². The SMILES string of the molecule is Brc1cccc(N(c2ccccc2)c2ccccc2)c1.C.CCCO.c1ccc(N(c2ccccc2)c2cccc(B3OCCO3)c2)cc1. The highest BCUT2D eigenvalue weighted by molar-refractivity contribution is 9.10. The predicted octanol–water partition coefficient (Wildman–Crippen LogP) is 10.8. The number of halogens is 1. The van der Waals surface area contributed by atoms with E-state index in [1.165, 1.54) is 0 Å². The van der Waals surface area contributed by atoms with Gasteiger partial charge in [-0.2, -0.15) is 0 Å². The van der Waals surface area contributed by atoms with E-state index in [9.17, 15) is 0 Å². The highest BCUT2D eigenvalue weighted by Crippen LogP contribution is 2.35. The van der Waals surface area contributed by atoms with Gasteiger partial charge in [0.15, 0.2) is 0 Å². The molecule has 0 aliphatic carbocycles. The molecule has 0 aromatic heterocycles. The van der Waals surface area contributed by atoms with E-state index in [4.69, 9.17) is 14.4 Å². The first-order chi connectivity index (χ1) is 23.7. The molecular weight excluding hydrogens is 671 g/mol. The first kappa shape index (κ1) is 37.2. The summed E-state index contributed by atoms with van der Waals surface area (Å²) >= 11 is 3.55. The van der Waals surface area contributed by atoms with Gasteiger partial charge in [-0.3, -0.25) is 0 Å². The summed E-state index contributed by atoms with van der Waals surface area (Å²) in [5.74, 6) is 0. The number of benzene rings is 6. The van der Waals surface area contributed by atoms with Gasteiger partial charge in [0.1, 0.15) is 0 Å². The lowest BCUT2D eigenvalue weighted by molar-refractivity contribution is 0.295. The summed E-state index contributed by atoms with van der Waals surface area (Å²) in [6.07, 6.45) is 0.875. The molecule has 0 radical (unpaired) electrons. The minimum atomic E-state index is -0.265. The predicted molar refractivity (Wildman–Crippen MR) is 211 cm³/mol. The molecule has 7 heteroatoms. The van der Waals surface area contributed by atoms with Crippen LogP contribution >= 0.6 is 15.9 Å². The molecule has 6 aromatic rings. The van der Waals surface area contributed by atoms with Gasteiger partial charge in [0.25, 0.3) is 0 Å². The van der Waals surface area contributed by atoms with Crippen molar-refractivity contribution < 1.29 is 14.4 Å². The van der Waals surface area contributed by atoms with Crippen LogP contribution in [0.1, 0.15) is 20.8 Å². The second-order valence-electron chi connectivity index (χ2n) is 10.9. The number of anilines is 6. The fourth-order valence-electron chi connectivity index (χ4n) is 5.18. The van der Waals surface area contributed by atoms with Gasteiger partial charge in [0, 0.05) is 45.2 Å². The Labute approximate surface area is 300 Å². The van der Waals surface area contributed by atoms with Crippen LogP contribution in [0.3, 0.4) is 0 Å². The van der Waals surface area contributed by atoms with Crippen LogP contribution in [0.15, 0.2) is 174 Å². The molecule has 0 amide bonds. The van der Waals surface area contributed by atoms with Gasteiger partial charge in [-0.15, -0.1) is 0 Å². The summed E-state index contributed by atoms with van der Waals surface area (Å²) < 4.78 is 12.4. The van der Waals surface area contributed by atoms with E-state index < -0.39 is 0 Å². The number of aliphatic hydroxyl groups excluding tert-OH is 1. The Kier molecular flexibility index (Phi) is 15.2. The van der Waals surface area contributed by atoms with Crippen molar-refractivity contribution in [1.29, 1.82) is 0 Å². The third kappa shape index (κ3) is 10.7. The number of aliphatic hydroxyl groups is 1. The summed E-state index contributed by atoms with van der Waals surface area (Å²) in [4.78, 5) is 4.48. The summed E-state index contributed by atoms with van der Waals surface area (Å²) in [6, 6.07) is 58.2. The Hall–Kier alpha value is -4.66. The fourth-order valence-corrected chi connectivity index (χ4v) is 5.57. The molecule has 0 unspecified atom stereocenters. The third-order valence-corrected chi connectivity index (χ3v) is 7.86. The van der Waals surface area contributed by atoms with E-state index in [0.29, 0.717) is 19.8 Å². The molecule has 1 saturated heterocycles. The highest BCUT2D eigenvalue weighted by atomic mass is 79.9. The number of nitrogens with zero attached hydrogens (tertiary/aromatic N) is 2. The van der Waals surface area contributed by atoms with Gasteiger partial charge < -0.3 is 24.2 Å². The second-order valence-corrected chi connectivity index (χ2v) is 11.8. The average molecular weight is 716 g/mol. The number of hydrogen-bond acceptors (Lipinski definition) is 5. The minimum absolute atomic E-state index is 0. The quantitative estimate of drug-likeness (QED) is 0.159. The van der Waals surface area contributed by atoms with Crippen LogP contribution < -0.4 is 15.3 Å². The maximum Gasteiger partial charge on any atom is 0.494 e. The molecule has 1 fully saturated rings. The molecule has 6 aromatic carbocycles. The second kappa shape index (κ2) is 20.0. The van der Waals surface area contributed by atoms with Crippen LogP contribution in [0.2, 0.25) is 0 Å². The van der Waals surface area contributed by atoms with Crippen molar-refractivity contribution in [1.82, 2.24) is 0 Å². The van der Waals surface area contributed by atoms with Gasteiger partial charge >= 0.3 is 7.12 Å². The van der Waals surface area contributed by atoms with Crippen molar-refractivity contribution in [2.24, 2.45) is 0 Å². The summed E-state index contributed by atoms with van der Waals surface area (Å²) in [5.41, 5.74) is 7.81. The van der Waals surface area contributed by atoms with Gasteiger partial charge in [-0.05, 0) is 90.7 Å².